The Morgan fingerprint density at radius 1 is 0.860 bits per heavy atom. The second-order valence-electron chi connectivity index (χ2n) is 11.0. The van der Waals surface area contributed by atoms with Gasteiger partial charge in [-0.05, 0) is 55.3 Å². The third-order valence-corrected chi connectivity index (χ3v) is 7.72. The molecule has 9 N–H and O–H groups in total. The van der Waals surface area contributed by atoms with E-state index in [1.165, 1.54) is 0 Å². The fourth-order valence-electron chi connectivity index (χ4n) is 4.94. The third kappa shape index (κ3) is 9.65. The first-order valence-corrected chi connectivity index (χ1v) is 14.8. The van der Waals surface area contributed by atoms with Gasteiger partial charge in [0.1, 0.15) is 18.1 Å². The number of carboxylic acids is 1. The number of carboxylic acid groups (broad SMARTS) is 1. The molecule has 0 saturated carbocycles. The highest BCUT2D eigenvalue weighted by atomic mass is 16.4. The van der Waals surface area contributed by atoms with Crippen molar-refractivity contribution in [1.82, 2.24) is 20.9 Å². The highest BCUT2D eigenvalue weighted by Crippen LogP contribution is 2.20. The summed E-state index contributed by atoms with van der Waals surface area (Å²) < 4.78 is 0. The number of rotatable bonds is 17. The molecule has 232 valence electrons. The molecular weight excluding hydrogens is 548 g/mol. The molecule has 0 saturated heterocycles. The Morgan fingerprint density at radius 3 is 2.19 bits per heavy atom. The van der Waals surface area contributed by atoms with Crippen molar-refractivity contribution in [2.45, 2.75) is 76.5 Å². The molecule has 0 fully saturated rings. The minimum atomic E-state index is -1.15. The van der Waals surface area contributed by atoms with Gasteiger partial charge in [0, 0.05) is 23.5 Å². The lowest BCUT2D eigenvalue weighted by Gasteiger charge is -2.26. The van der Waals surface area contributed by atoms with Crippen molar-refractivity contribution < 1.29 is 24.3 Å². The number of aromatic nitrogens is 1. The first kappa shape index (κ1) is 33.3. The molecule has 5 unspecified atom stereocenters. The number of carbonyl (C=O) groups is 4. The van der Waals surface area contributed by atoms with Crippen LogP contribution in [-0.2, 0) is 32.0 Å². The van der Waals surface area contributed by atoms with Gasteiger partial charge in [0.15, 0.2) is 0 Å². The highest BCUT2D eigenvalue weighted by molar-refractivity contribution is 5.95. The molecule has 0 aliphatic carbocycles. The summed E-state index contributed by atoms with van der Waals surface area (Å²) in [4.78, 5) is 55.4. The van der Waals surface area contributed by atoms with E-state index < -0.39 is 47.9 Å². The molecule has 11 nitrogen and oxygen atoms in total. The molecule has 1 aromatic heterocycles. The normalized spacial score (nSPS) is 14.7. The number of H-pyrrole nitrogens is 1. The van der Waals surface area contributed by atoms with E-state index in [0.717, 1.165) is 22.0 Å². The van der Waals surface area contributed by atoms with Crippen LogP contribution >= 0.6 is 0 Å². The maximum absolute atomic E-state index is 13.7. The maximum Gasteiger partial charge on any atom is 0.326 e. The average Bonchev–Trinajstić information content (AvgIpc) is 3.41. The lowest BCUT2D eigenvalue weighted by Crippen LogP contribution is -2.58. The zero-order valence-electron chi connectivity index (χ0n) is 24.8. The number of para-hydroxylation sites is 1. The third-order valence-electron chi connectivity index (χ3n) is 7.72. The summed E-state index contributed by atoms with van der Waals surface area (Å²) in [6.07, 6.45) is 4.20. The largest absolute Gasteiger partial charge is 0.480 e. The molecule has 0 aliphatic heterocycles. The minimum absolute atomic E-state index is 0.103. The van der Waals surface area contributed by atoms with E-state index in [0.29, 0.717) is 38.6 Å². The van der Waals surface area contributed by atoms with Gasteiger partial charge in [-0.25, -0.2) is 4.79 Å². The molecule has 0 spiro atoms. The molecule has 43 heavy (non-hydrogen) atoms. The number of benzene rings is 2. The summed E-state index contributed by atoms with van der Waals surface area (Å²) in [6, 6.07) is 12.8. The van der Waals surface area contributed by atoms with Crippen LogP contribution in [0.3, 0.4) is 0 Å². The van der Waals surface area contributed by atoms with Crippen LogP contribution in [-0.4, -0.2) is 64.5 Å². The summed E-state index contributed by atoms with van der Waals surface area (Å²) in [7, 11) is 0. The minimum Gasteiger partial charge on any atom is -0.480 e. The van der Waals surface area contributed by atoms with E-state index in [1.807, 2.05) is 61.5 Å². The number of nitrogens with one attached hydrogen (secondary N) is 4. The summed E-state index contributed by atoms with van der Waals surface area (Å²) in [5.74, 6) is -3.16. The van der Waals surface area contributed by atoms with Crippen molar-refractivity contribution in [3.05, 3.63) is 71.9 Å². The van der Waals surface area contributed by atoms with Crippen molar-refractivity contribution in [2.75, 3.05) is 6.54 Å². The Morgan fingerprint density at radius 2 is 1.51 bits per heavy atom. The predicted octanol–water partition coefficient (Wildman–Crippen LogP) is 1.99. The molecular formula is C32H44N6O5. The van der Waals surface area contributed by atoms with E-state index >= 15 is 0 Å². The summed E-state index contributed by atoms with van der Waals surface area (Å²) in [6.45, 7) is 4.01. The molecule has 0 aliphatic rings. The van der Waals surface area contributed by atoms with Crippen molar-refractivity contribution >= 4 is 34.6 Å². The summed E-state index contributed by atoms with van der Waals surface area (Å²) in [5.41, 5.74) is 14.4. The molecule has 3 rings (SSSR count). The number of fused-ring (bicyclic) bond motifs is 1. The van der Waals surface area contributed by atoms with E-state index in [4.69, 9.17) is 11.5 Å². The van der Waals surface area contributed by atoms with Crippen LogP contribution < -0.4 is 27.4 Å². The van der Waals surface area contributed by atoms with Crippen LogP contribution in [0.2, 0.25) is 0 Å². The standard InChI is InChI=1S/C32H44N6O5/c1-3-20(2)28(32(42)43)38-31(41)27(18-22-19-35-25-14-8-7-13-23(22)25)37-30(40)26(15-9-10-16-33)36-29(39)24(34)17-21-11-5-4-6-12-21/h4-8,11-14,19-20,24,26-28,35H,3,9-10,15-18,33-34H2,1-2H3,(H,36,39)(H,37,40)(H,38,41)(H,42,43). The maximum atomic E-state index is 13.7. The second-order valence-corrected chi connectivity index (χ2v) is 11.0. The lowest BCUT2D eigenvalue weighted by molar-refractivity contribution is -0.143. The van der Waals surface area contributed by atoms with Crippen molar-refractivity contribution in [3.8, 4) is 0 Å². The molecule has 3 amide bonds. The van der Waals surface area contributed by atoms with Crippen LogP contribution in [0, 0.1) is 5.92 Å². The monoisotopic (exact) mass is 592 g/mol. The topological polar surface area (TPSA) is 192 Å². The van der Waals surface area contributed by atoms with Crippen molar-refractivity contribution in [2.24, 2.45) is 17.4 Å². The smallest absolute Gasteiger partial charge is 0.326 e. The lowest BCUT2D eigenvalue weighted by atomic mass is 9.97. The van der Waals surface area contributed by atoms with Gasteiger partial charge in [-0.3, -0.25) is 14.4 Å². The molecule has 1 heterocycles. The van der Waals surface area contributed by atoms with Crippen molar-refractivity contribution in [1.29, 1.82) is 0 Å². The molecule has 5 atom stereocenters. The van der Waals surface area contributed by atoms with Crippen LogP contribution in [0.25, 0.3) is 10.9 Å². The summed E-state index contributed by atoms with van der Waals surface area (Å²) in [5, 5.41) is 18.8. The number of aliphatic carboxylic acids is 1. The van der Waals surface area contributed by atoms with E-state index in [9.17, 15) is 24.3 Å². The van der Waals surface area contributed by atoms with Gasteiger partial charge in [-0.2, -0.15) is 0 Å². The zero-order valence-corrected chi connectivity index (χ0v) is 24.8. The Kier molecular flexibility index (Phi) is 12.7. The Hall–Kier alpha value is -4.22. The number of amides is 3. The molecule has 11 heteroatoms. The number of hydrogen-bond donors (Lipinski definition) is 7. The Bertz CT molecular complexity index is 1360. The molecule has 0 radical (unpaired) electrons. The number of nitrogens with two attached hydrogens (primary N) is 2. The number of unbranched alkanes of at least 4 members (excludes halogenated alkanes) is 1. The van der Waals surface area contributed by atoms with Crippen LogP contribution in [0.15, 0.2) is 60.8 Å². The first-order valence-electron chi connectivity index (χ1n) is 14.8. The quantitative estimate of drug-likeness (QED) is 0.117. The highest BCUT2D eigenvalue weighted by Gasteiger charge is 2.32. The number of carbonyl (C=O) groups excluding carboxylic acids is 3. The number of hydrogen-bond acceptors (Lipinski definition) is 6. The van der Waals surface area contributed by atoms with Gasteiger partial charge >= 0.3 is 5.97 Å². The van der Waals surface area contributed by atoms with Gasteiger partial charge < -0.3 is 37.5 Å². The van der Waals surface area contributed by atoms with E-state index in [1.54, 1.807) is 13.1 Å². The zero-order chi connectivity index (χ0) is 31.4. The van der Waals surface area contributed by atoms with Crippen LogP contribution in [0.1, 0.15) is 50.7 Å². The van der Waals surface area contributed by atoms with Crippen LogP contribution in [0.5, 0.6) is 0 Å². The second kappa shape index (κ2) is 16.4. The average molecular weight is 593 g/mol. The predicted molar refractivity (Wildman–Crippen MR) is 166 cm³/mol. The van der Waals surface area contributed by atoms with E-state index in [-0.39, 0.29) is 12.3 Å². The van der Waals surface area contributed by atoms with Gasteiger partial charge in [0.2, 0.25) is 17.7 Å². The Balaban J connectivity index is 1.83. The van der Waals surface area contributed by atoms with Gasteiger partial charge in [-0.1, -0.05) is 68.8 Å². The first-order chi connectivity index (χ1) is 20.6. The summed E-state index contributed by atoms with van der Waals surface area (Å²) >= 11 is 0. The molecule has 0 bridgehead atoms. The number of aromatic amines is 1. The van der Waals surface area contributed by atoms with E-state index in [2.05, 4.69) is 20.9 Å². The fraction of sp³-hybridized carbons (Fsp3) is 0.438. The van der Waals surface area contributed by atoms with Gasteiger partial charge in [-0.15, -0.1) is 0 Å². The Labute approximate surface area is 252 Å². The SMILES string of the molecule is CCC(C)C(NC(=O)C(Cc1c[nH]c2ccccc12)NC(=O)C(CCCCN)NC(=O)C(N)Cc1ccccc1)C(=O)O. The fourth-order valence-corrected chi connectivity index (χ4v) is 4.94. The molecule has 2 aromatic carbocycles. The van der Waals surface area contributed by atoms with Crippen LogP contribution in [0.4, 0.5) is 0 Å². The van der Waals surface area contributed by atoms with Crippen molar-refractivity contribution in [3.63, 3.8) is 0 Å². The molecule has 3 aromatic rings. The van der Waals surface area contributed by atoms with Gasteiger partial charge in [0.25, 0.3) is 0 Å². The van der Waals surface area contributed by atoms with Gasteiger partial charge in [0.05, 0.1) is 6.04 Å².